The number of rotatable bonds is 18. The van der Waals surface area contributed by atoms with Crippen LogP contribution >= 0.6 is 0 Å². The Morgan fingerprint density at radius 3 is 1.77 bits per heavy atom. The van der Waals surface area contributed by atoms with E-state index in [0.717, 1.165) is 0 Å². The van der Waals surface area contributed by atoms with Crippen LogP contribution in [0.25, 0.3) is 0 Å². The molecule has 0 aliphatic heterocycles. The van der Waals surface area contributed by atoms with Crippen LogP contribution in [-0.4, -0.2) is 87.6 Å². The number of carboxylic acid groups (broad SMARTS) is 1. The van der Waals surface area contributed by atoms with Crippen LogP contribution in [0.3, 0.4) is 0 Å². The molecule has 0 aromatic heterocycles. The van der Waals surface area contributed by atoms with Crippen molar-refractivity contribution < 1.29 is 44.1 Å². The van der Waals surface area contributed by atoms with E-state index in [4.69, 9.17) is 11.5 Å². The van der Waals surface area contributed by atoms with Gasteiger partial charge < -0.3 is 48.1 Å². The fraction of sp³-hybridized carbons (Fsp3) is 0.571. The summed E-state index contributed by atoms with van der Waals surface area (Å²) < 4.78 is 0. The number of nitrogens with two attached hydrogens (primary N) is 2. The van der Waals surface area contributed by atoms with Gasteiger partial charge in [-0.25, -0.2) is 4.79 Å². The summed E-state index contributed by atoms with van der Waals surface area (Å²) in [5.41, 5.74) is 11.7. The van der Waals surface area contributed by atoms with Crippen LogP contribution in [-0.2, 0) is 35.2 Å². The maximum atomic E-state index is 13.4. The summed E-state index contributed by atoms with van der Waals surface area (Å²) in [6.45, 7) is 6.26. The molecule has 1 aromatic carbocycles. The molecule has 0 bridgehead atoms. The first-order valence-corrected chi connectivity index (χ1v) is 14.0. The van der Waals surface area contributed by atoms with Crippen molar-refractivity contribution in [1.82, 2.24) is 21.3 Å². The number of primary amides is 1. The third-order valence-corrected chi connectivity index (χ3v) is 6.74. The van der Waals surface area contributed by atoms with Gasteiger partial charge in [0.2, 0.25) is 29.5 Å². The van der Waals surface area contributed by atoms with E-state index in [1.54, 1.807) is 20.8 Å². The lowest BCUT2D eigenvalue weighted by Crippen LogP contribution is -2.60. The standard InChI is InChI=1S/C28H44N6O9/c1-5-15(4)23(30)27(41)34-21(13-35)26(40)31-18(11-16-6-8-17(36)9-7-16)24(38)32-19(12-22(29)37)25(39)33-20(28(42)43)10-14(2)3/h6-9,14-15,18-21,23,35-36H,5,10-13,30H2,1-4H3,(H2,29,37)(H,31,40)(H,32,38)(H,33,39)(H,34,41)(H,42,43)/t15-,18-,19-,20-,21-,23-/m0/s1. The lowest BCUT2D eigenvalue weighted by molar-refractivity contribution is -0.143. The average Bonchev–Trinajstić information content (AvgIpc) is 2.94. The second kappa shape index (κ2) is 17.7. The van der Waals surface area contributed by atoms with Crippen LogP contribution in [0, 0.1) is 11.8 Å². The lowest BCUT2D eigenvalue weighted by atomic mass is 9.99. The molecule has 1 rings (SSSR count). The molecule has 5 amide bonds. The number of amides is 5. The Hall–Kier alpha value is -4.24. The molecule has 0 saturated heterocycles. The van der Waals surface area contributed by atoms with Crippen LogP contribution in [0.5, 0.6) is 5.75 Å². The van der Waals surface area contributed by atoms with Crippen molar-refractivity contribution in [1.29, 1.82) is 0 Å². The summed E-state index contributed by atoms with van der Waals surface area (Å²) in [6, 6.07) is -1.07. The monoisotopic (exact) mass is 608 g/mol. The second-order valence-corrected chi connectivity index (χ2v) is 10.8. The third-order valence-electron chi connectivity index (χ3n) is 6.74. The highest BCUT2D eigenvalue weighted by molar-refractivity contribution is 5.97. The van der Waals surface area contributed by atoms with Crippen molar-refractivity contribution in [2.45, 2.75) is 83.6 Å². The molecule has 15 nitrogen and oxygen atoms in total. The average molecular weight is 609 g/mol. The molecular formula is C28H44N6O9. The number of aliphatic hydroxyl groups excluding tert-OH is 1. The molecule has 0 aliphatic rings. The minimum absolute atomic E-state index is 0.0536. The number of aliphatic carboxylic acids is 1. The normalized spacial score (nSPS) is 15.2. The molecule has 240 valence electrons. The van der Waals surface area contributed by atoms with Crippen molar-refractivity contribution in [2.24, 2.45) is 23.3 Å². The summed E-state index contributed by atoms with van der Waals surface area (Å²) in [5.74, 6) is -6.19. The van der Waals surface area contributed by atoms with Crippen molar-refractivity contribution in [3.63, 3.8) is 0 Å². The predicted octanol–water partition coefficient (Wildman–Crippen LogP) is -1.75. The Morgan fingerprint density at radius 1 is 0.791 bits per heavy atom. The summed E-state index contributed by atoms with van der Waals surface area (Å²) in [6.07, 6.45) is -0.183. The number of aromatic hydroxyl groups is 1. The third kappa shape index (κ3) is 12.7. The minimum Gasteiger partial charge on any atom is -0.508 e. The Bertz CT molecular complexity index is 1130. The quantitative estimate of drug-likeness (QED) is 0.0907. The first-order chi connectivity index (χ1) is 20.1. The van der Waals surface area contributed by atoms with Gasteiger partial charge in [0, 0.05) is 6.42 Å². The zero-order valence-electron chi connectivity index (χ0n) is 24.8. The van der Waals surface area contributed by atoms with Crippen molar-refractivity contribution in [3.8, 4) is 5.75 Å². The smallest absolute Gasteiger partial charge is 0.326 e. The summed E-state index contributed by atoms with van der Waals surface area (Å²) in [5, 5.41) is 38.3. The van der Waals surface area contributed by atoms with Gasteiger partial charge in [-0.15, -0.1) is 0 Å². The van der Waals surface area contributed by atoms with E-state index in [1.807, 2.05) is 6.92 Å². The minimum atomic E-state index is -1.58. The fourth-order valence-corrected chi connectivity index (χ4v) is 3.97. The number of hydrogen-bond acceptors (Lipinski definition) is 9. The Balaban J connectivity index is 3.24. The van der Waals surface area contributed by atoms with Crippen LogP contribution < -0.4 is 32.7 Å². The first kappa shape index (κ1) is 36.8. The van der Waals surface area contributed by atoms with Crippen LogP contribution in [0.1, 0.15) is 52.5 Å². The number of phenolic OH excluding ortho intramolecular Hbond substituents is 1. The van der Waals surface area contributed by atoms with Gasteiger partial charge >= 0.3 is 5.97 Å². The first-order valence-electron chi connectivity index (χ1n) is 14.0. The number of nitrogens with one attached hydrogen (secondary N) is 4. The molecule has 6 atom stereocenters. The Labute approximate surface area is 250 Å². The lowest BCUT2D eigenvalue weighted by Gasteiger charge is -2.26. The molecule has 1 aromatic rings. The van der Waals surface area contributed by atoms with Crippen molar-refractivity contribution in [3.05, 3.63) is 29.8 Å². The fourth-order valence-electron chi connectivity index (χ4n) is 3.97. The number of hydrogen-bond donors (Lipinski definition) is 9. The number of carboxylic acids is 1. The molecule has 11 N–H and O–H groups in total. The zero-order valence-corrected chi connectivity index (χ0v) is 24.8. The van der Waals surface area contributed by atoms with Gasteiger partial charge in [-0.2, -0.15) is 0 Å². The van der Waals surface area contributed by atoms with Gasteiger partial charge in [0.25, 0.3) is 0 Å². The Morgan fingerprint density at radius 2 is 1.28 bits per heavy atom. The van der Waals surface area contributed by atoms with Gasteiger partial charge in [0.05, 0.1) is 19.1 Å². The van der Waals surface area contributed by atoms with E-state index >= 15 is 0 Å². The molecule has 0 heterocycles. The Kier molecular flexibility index (Phi) is 15.1. The second-order valence-electron chi connectivity index (χ2n) is 10.8. The predicted molar refractivity (Wildman–Crippen MR) is 155 cm³/mol. The molecular weight excluding hydrogens is 564 g/mol. The molecule has 0 saturated carbocycles. The van der Waals surface area contributed by atoms with E-state index in [9.17, 15) is 44.1 Å². The highest BCUT2D eigenvalue weighted by Gasteiger charge is 2.33. The SMILES string of the molecule is CC[C@H](C)[C@H](N)C(=O)N[C@@H](CO)C(=O)N[C@@H](Cc1ccc(O)cc1)C(=O)N[C@@H](CC(N)=O)C(=O)N[C@@H](CC(C)C)C(=O)O. The van der Waals surface area contributed by atoms with Gasteiger partial charge in [-0.05, 0) is 36.0 Å². The topological polar surface area (TPSA) is 263 Å². The molecule has 43 heavy (non-hydrogen) atoms. The maximum Gasteiger partial charge on any atom is 0.326 e. The highest BCUT2D eigenvalue weighted by atomic mass is 16.4. The summed E-state index contributed by atoms with van der Waals surface area (Å²) in [4.78, 5) is 75.4. The van der Waals surface area contributed by atoms with E-state index in [-0.39, 0.29) is 30.4 Å². The van der Waals surface area contributed by atoms with Gasteiger partial charge in [-0.3, -0.25) is 24.0 Å². The molecule has 0 radical (unpaired) electrons. The van der Waals surface area contributed by atoms with Gasteiger partial charge in [0.1, 0.15) is 29.9 Å². The molecule has 0 aliphatic carbocycles. The van der Waals surface area contributed by atoms with Crippen molar-refractivity contribution >= 4 is 35.5 Å². The molecule has 0 fully saturated rings. The van der Waals surface area contributed by atoms with Crippen LogP contribution in [0.15, 0.2) is 24.3 Å². The largest absolute Gasteiger partial charge is 0.508 e. The molecule has 0 unspecified atom stereocenters. The molecule has 0 spiro atoms. The van der Waals surface area contributed by atoms with E-state index in [0.29, 0.717) is 12.0 Å². The van der Waals surface area contributed by atoms with Crippen LogP contribution in [0.2, 0.25) is 0 Å². The number of carbonyl (C=O) groups excluding carboxylic acids is 5. The summed E-state index contributed by atoms with van der Waals surface area (Å²) >= 11 is 0. The van der Waals surface area contributed by atoms with Crippen LogP contribution in [0.4, 0.5) is 0 Å². The highest BCUT2D eigenvalue weighted by Crippen LogP contribution is 2.13. The number of carbonyl (C=O) groups is 6. The van der Waals surface area contributed by atoms with Gasteiger partial charge in [0.15, 0.2) is 0 Å². The van der Waals surface area contributed by atoms with Gasteiger partial charge in [-0.1, -0.05) is 46.2 Å². The molecule has 15 heteroatoms. The van der Waals surface area contributed by atoms with E-state index in [2.05, 4.69) is 21.3 Å². The summed E-state index contributed by atoms with van der Waals surface area (Å²) in [7, 11) is 0. The zero-order chi connectivity index (χ0) is 32.9. The number of benzene rings is 1. The van der Waals surface area contributed by atoms with Crippen molar-refractivity contribution in [2.75, 3.05) is 6.61 Å². The number of aliphatic hydroxyl groups is 1. The number of phenols is 1. The van der Waals surface area contributed by atoms with E-state index in [1.165, 1.54) is 24.3 Å². The maximum absolute atomic E-state index is 13.4. The van der Waals surface area contributed by atoms with E-state index < -0.39 is 78.7 Å².